The molecule has 1 saturated heterocycles. The number of nitrogens with one attached hydrogen (secondary N) is 1. The second kappa shape index (κ2) is 9.87. The Morgan fingerprint density at radius 2 is 1.89 bits per heavy atom. The molecule has 1 unspecified atom stereocenters. The Balaban J connectivity index is 0.00000225. The zero-order valence-corrected chi connectivity index (χ0v) is 18.5. The predicted molar refractivity (Wildman–Crippen MR) is 127 cm³/mol. The maximum absolute atomic E-state index is 4.57. The molecule has 0 bridgehead atoms. The molecule has 3 aromatic rings. The molecule has 4 rings (SSSR count). The lowest BCUT2D eigenvalue weighted by molar-refractivity contribution is 0.459. The molecule has 1 aromatic heterocycles. The third-order valence-electron chi connectivity index (χ3n) is 5.33. The molecule has 28 heavy (non-hydrogen) atoms. The van der Waals surface area contributed by atoms with E-state index in [0.29, 0.717) is 12.5 Å². The van der Waals surface area contributed by atoms with Gasteiger partial charge < -0.3 is 10.2 Å². The van der Waals surface area contributed by atoms with Crippen molar-refractivity contribution < 1.29 is 0 Å². The number of pyridine rings is 1. The van der Waals surface area contributed by atoms with E-state index in [4.69, 9.17) is 0 Å². The van der Waals surface area contributed by atoms with Gasteiger partial charge in [0.25, 0.3) is 0 Å². The van der Waals surface area contributed by atoms with Crippen LogP contribution in [-0.2, 0) is 13.0 Å². The van der Waals surface area contributed by atoms with E-state index in [2.05, 4.69) is 80.9 Å². The van der Waals surface area contributed by atoms with Crippen LogP contribution in [0.15, 0.2) is 71.9 Å². The van der Waals surface area contributed by atoms with Crippen LogP contribution in [0.1, 0.15) is 17.7 Å². The summed E-state index contributed by atoms with van der Waals surface area (Å²) >= 11 is 0. The van der Waals surface area contributed by atoms with Crippen molar-refractivity contribution in [1.29, 1.82) is 0 Å². The lowest BCUT2D eigenvalue weighted by Gasteiger charge is -2.22. The van der Waals surface area contributed by atoms with Gasteiger partial charge in [-0.1, -0.05) is 54.6 Å². The number of nitrogens with zero attached hydrogens (tertiary/aromatic N) is 3. The van der Waals surface area contributed by atoms with Gasteiger partial charge in [-0.25, -0.2) is 0 Å². The maximum Gasteiger partial charge on any atom is 0.193 e. The molecule has 0 saturated carbocycles. The Labute approximate surface area is 184 Å². The summed E-state index contributed by atoms with van der Waals surface area (Å²) in [6.07, 6.45) is 4.23. The van der Waals surface area contributed by atoms with E-state index in [1.54, 1.807) is 0 Å². The zero-order chi connectivity index (χ0) is 18.5. The molecule has 1 N–H and O–H groups in total. The summed E-state index contributed by atoms with van der Waals surface area (Å²) in [5.41, 5.74) is 2.49. The Hall–Kier alpha value is -2.15. The average molecular weight is 486 g/mol. The van der Waals surface area contributed by atoms with Crippen LogP contribution in [0.4, 0.5) is 0 Å². The van der Waals surface area contributed by atoms with Gasteiger partial charge in [0.15, 0.2) is 5.96 Å². The summed E-state index contributed by atoms with van der Waals surface area (Å²) in [6.45, 7) is 2.80. The van der Waals surface area contributed by atoms with E-state index in [-0.39, 0.29) is 24.0 Å². The number of guanidine groups is 1. The van der Waals surface area contributed by atoms with E-state index in [1.807, 2.05) is 13.2 Å². The molecule has 146 valence electrons. The summed E-state index contributed by atoms with van der Waals surface area (Å²) in [6, 6.07) is 21.2. The van der Waals surface area contributed by atoms with E-state index in [1.165, 1.54) is 22.8 Å². The van der Waals surface area contributed by atoms with Crippen molar-refractivity contribution in [3.63, 3.8) is 0 Å². The van der Waals surface area contributed by atoms with Gasteiger partial charge in [-0.2, -0.15) is 0 Å². The van der Waals surface area contributed by atoms with Crippen molar-refractivity contribution in [1.82, 2.24) is 15.2 Å². The first kappa shape index (κ1) is 20.6. The summed E-state index contributed by atoms with van der Waals surface area (Å²) in [5, 5.41) is 5.94. The molecular weight excluding hydrogens is 459 g/mol. The van der Waals surface area contributed by atoms with Gasteiger partial charge in [0.05, 0.1) is 12.2 Å². The van der Waals surface area contributed by atoms with Gasteiger partial charge in [-0.3, -0.25) is 9.98 Å². The number of hydrogen-bond donors (Lipinski definition) is 1. The van der Waals surface area contributed by atoms with E-state index < -0.39 is 0 Å². The molecule has 1 aliphatic heterocycles. The number of rotatable bonds is 4. The van der Waals surface area contributed by atoms with Crippen LogP contribution in [-0.4, -0.2) is 36.0 Å². The lowest BCUT2D eigenvalue weighted by atomic mass is 9.99. The van der Waals surface area contributed by atoms with Crippen molar-refractivity contribution in [2.75, 3.05) is 20.1 Å². The number of aromatic nitrogens is 1. The standard InChI is InChI=1S/C23H26N4.HI/c1-24-23(26-16-22-21-10-6-5-9-20(21)11-13-25-22)27-14-12-19(17-27)15-18-7-3-2-4-8-18;/h2-11,13,19H,12,14-17H2,1H3,(H,24,26);1H. The van der Waals surface area contributed by atoms with E-state index in [0.717, 1.165) is 31.2 Å². The van der Waals surface area contributed by atoms with E-state index >= 15 is 0 Å². The SMILES string of the molecule is CN=C(NCc1nccc2ccccc12)N1CCC(Cc2ccccc2)C1.I. The fourth-order valence-corrected chi connectivity index (χ4v) is 3.96. The Bertz CT molecular complexity index is 921. The van der Waals surface area contributed by atoms with Crippen LogP contribution >= 0.6 is 24.0 Å². The van der Waals surface area contributed by atoms with Crippen molar-refractivity contribution in [3.05, 3.63) is 78.1 Å². The van der Waals surface area contributed by atoms with Crippen LogP contribution in [0.2, 0.25) is 0 Å². The van der Waals surface area contributed by atoms with Crippen molar-refractivity contribution >= 4 is 40.7 Å². The normalized spacial score (nSPS) is 16.8. The Morgan fingerprint density at radius 1 is 1.11 bits per heavy atom. The van der Waals surface area contributed by atoms with Gasteiger partial charge in [0.1, 0.15) is 0 Å². The summed E-state index contributed by atoms with van der Waals surface area (Å²) < 4.78 is 0. The average Bonchev–Trinajstić information content (AvgIpc) is 3.17. The Kier molecular flexibility index (Phi) is 7.25. The molecule has 2 aromatic carbocycles. The third-order valence-corrected chi connectivity index (χ3v) is 5.33. The summed E-state index contributed by atoms with van der Waals surface area (Å²) in [7, 11) is 1.86. The predicted octanol–water partition coefficient (Wildman–Crippen LogP) is 4.49. The highest BCUT2D eigenvalue weighted by atomic mass is 127. The van der Waals surface area contributed by atoms with E-state index in [9.17, 15) is 0 Å². The minimum Gasteiger partial charge on any atom is -0.351 e. The van der Waals surface area contributed by atoms with Gasteiger partial charge in [-0.05, 0) is 35.8 Å². The number of likely N-dealkylation sites (tertiary alicyclic amines) is 1. The van der Waals surface area contributed by atoms with Gasteiger partial charge in [-0.15, -0.1) is 24.0 Å². The molecule has 4 nitrogen and oxygen atoms in total. The topological polar surface area (TPSA) is 40.5 Å². The van der Waals surface area contributed by atoms with Crippen LogP contribution in [0.5, 0.6) is 0 Å². The third kappa shape index (κ3) is 4.82. The number of halogens is 1. The van der Waals surface area contributed by atoms with Gasteiger partial charge in [0.2, 0.25) is 0 Å². The minimum absolute atomic E-state index is 0. The Morgan fingerprint density at radius 3 is 2.71 bits per heavy atom. The van der Waals surface area contributed by atoms with Crippen LogP contribution in [0.25, 0.3) is 10.8 Å². The molecule has 0 radical (unpaired) electrons. The van der Waals surface area contributed by atoms with Crippen molar-refractivity contribution in [3.8, 4) is 0 Å². The largest absolute Gasteiger partial charge is 0.351 e. The lowest BCUT2D eigenvalue weighted by Crippen LogP contribution is -2.39. The second-order valence-corrected chi connectivity index (χ2v) is 7.17. The fraction of sp³-hybridized carbons (Fsp3) is 0.304. The molecule has 0 amide bonds. The molecular formula is C23H27IN4. The number of hydrogen-bond acceptors (Lipinski definition) is 2. The van der Waals surface area contributed by atoms with Crippen LogP contribution < -0.4 is 5.32 Å². The van der Waals surface area contributed by atoms with Gasteiger partial charge >= 0.3 is 0 Å². The number of fused-ring (bicyclic) bond motifs is 1. The fourth-order valence-electron chi connectivity index (χ4n) is 3.96. The number of aliphatic imine (C=N–C) groups is 1. The first-order valence-electron chi connectivity index (χ1n) is 9.65. The molecule has 2 heterocycles. The highest BCUT2D eigenvalue weighted by molar-refractivity contribution is 14.0. The first-order valence-corrected chi connectivity index (χ1v) is 9.65. The highest BCUT2D eigenvalue weighted by Crippen LogP contribution is 2.21. The highest BCUT2D eigenvalue weighted by Gasteiger charge is 2.25. The zero-order valence-electron chi connectivity index (χ0n) is 16.2. The quantitative estimate of drug-likeness (QED) is 0.336. The molecule has 0 spiro atoms. The minimum atomic E-state index is 0. The van der Waals surface area contributed by atoms with Crippen LogP contribution in [0, 0.1) is 5.92 Å². The van der Waals surface area contributed by atoms with Crippen molar-refractivity contribution in [2.45, 2.75) is 19.4 Å². The monoisotopic (exact) mass is 486 g/mol. The van der Waals surface area contributed by atoms with Crippen molar-refractivity contribution in [2.24, 2.45) is 10.9 Å². The summed E-state index contributed by atoms with van der Waals surface area (Å²) in [4.78, 5) is 11.5. The van der Waals surface area contributed by atoms with Gasteiger partial charge in [0, 0.05) is 31.7 Å². The smallest absolute Gasteiger partial charge is 0.193 e. The maximum atomic E-state index is 4.57. The first-order chi connectivity index (χ1) is 13.3. The second-order valence-electron chi connectivity index (χ2n) is 7.17. The molecule has 1 atom stereocenters. The molecule has 1 aliphatic rings. The molecule has 1 fully saturated rings. The van der Waals surface area contributed by atoms with Crippen LogP contribution in [0.3, 0.4) is 0 Å². The molecule has 0 aliphatic carbocycles. The number of benzene rings is 2. The molecule has 5 heteroatoms. The summed E-state index contributed by atoms with van der Waals surface area (Å²) in [5.74, 6) is 1.65.